The van der Waals surface area contributed by atoms with E-state index in [2.05, 4.69) is 10.1 Å². The van der Waals surface area contributed by atoms with Gasteiger partial charge in [0.1, 0.15) is 6.54 Å². The molecule has 0 spiro atoms. The highest BCUT2D eigenvalue weighted by molar-refractivity contribution is 7.15. The third-order valence-electron chi connectivity index (χ3n) is 5.40. The fraction of sp³-hybridized carbons (Fsp3) is 0.217. The van der Waals surface area contributed by atoms with Crippen LogP contribution in [0.15, 0.2) is 60.7 Å². The van der Waals surface area contributed by atoms with Crippen molar-refractivity contribution >= 4 is 22.4 Å². The van der Waals surface area contributed by atoms with E-state index in [0.29, 0.717) is 29.9 Å². The number of nitrogens with two attached hydrogens (primary N) is 1. The molecule has 156 valence electrons. The van der Waals surface area contributed by atoms with Gasteiger partial charge in [-0.25, -0.2) is 14.6 Å². The zero-order valence-electron chi connectivity index (χ0n) is 16.9. The van der Waals surface area contributed by atoms with E-state index in [-0.39, 0.29) is 12.5 Å². The summed E-state index contributed by atoms with van der Waals surface area (Å²) in [6.45, 7) is 1.44. The van der Waals surface area contributed by atoms with Crippen LogP contribution in [0.25, 0.3) is 22.8 Å². The van der Waals surface area contributed by atoms with Gasteiger partial charge in [-0.15, -0.1) is 16.4 Å². The molecule has 1 aliphatic rings. The van der Waals surface area contributed by atoms with E-state index in [1.165, 1.54) is 16.2 Å². The minimum atomic E-state index is 0.0322. The molecular weight excluding hydrogens is 408 g/mol. The lowest BCUT2D eigenvalue weighted by Gasteiger charge is -2.20. The molecule has 0 saturated heterocycles. The molecular formula is C23H22N6OS. The number of carbonyl (C=O) groups is 1. The number of anilines is 1. The van der Waals surface area contributed by atoms with E-state index >= 15 is 0 Å². The van der Waals surface area contributed by atoms with Crippen LogP contribution in [0.1, 0.15) is 10.6 Å². The number of benzene rings is 2. The van der Waals surface area contributed by atoms with Crippen LogP contribution in [-0.4, -0.2) is 43.6 Å². The topological polar surface area (TPSA) is 89.9 Å². The maximum Gasteiger partial charge on any atom is 0.244 e. The summed E-state index contributed by atoms with van der Waals surface area (Å²) in [6, 6.07) is 19.7. The van der Waals surface area contributed by atoms with Crippen molar-refractivity contribution in [3.63, 3.8) is 0 Å². The molecule has 2 N–H and O–H groups in total. The van der Waals surface area contributed by atoms with Gasteiger partial charge >= 0.3 is 0 Å². The second kappa shape index (κ2) is 8.31. The van der Waals surface area contributed by atoms with E-state index in [0.717, 1.165) is 29.7 Å². The first kappa shape index (κ1) is 19.4. The third-order valence-corrected chi connectivity index (χ3v) is 6.38. The normalized spacial score (nSPS) is 13.6. The van der Waals surface area contributed by atoms with Crippen LogP contribution in [0.2, 0.25) is 0 Å². The Labute approximate surface area is 184 Å². The van der Waals surface area contributed by atoms with Crippen LogP contribution in [-0.2, 0) is 24.2 Å². The summed E-state index contributed by atoms with van der Waals surface area (Å²) in [7, 11) is 0. The number of aromatic nitrogens is 4. The monoisotopic (exact) mass is 430 g/mol. The predicted octanol–water partition coefficient (Wildman–Crippen LogP) is 3.28. The Balaban J connectivity index is 1.41. The zero-order valence-corrected chi connectivity index (χ0v) is 17.8. The summed E-state index contributed by atoms with van der Waals surface area (Å²) in [5.74, 6) is 1.34. The SMILES string of the molecule is Nc1nc2c(s1)CCN(C(=O)Cn1nc(-c3ccccc3)nc1-c1ccccc1)CC2. The Morgan fingerprint density at radius 1 is 0.935 bits per heavy atom. The smallest absolute Gasteiger partial charge is 0.244 e. The largest absolute Gasteiger partial charge is 0.375 e. The van der Waals surface area contributed by atoms with Crippen molar-refractivity contribution < 1.29 is 4.79 Å². The molecule has 2 aromatic carbocycles. The Morgan fingerprint density at radius 2 is 1.61 bits per heavy atom. The molecule has 7 nitrogen and oxygen atoms in total. The van der Waals surface area contributed by atoms with E-state index in [1.807, 2.05) is 65.6 Å². The third kappa shape index (κ3) is 4.06. The Hall–Kier alpha value is -3.52. The van der Waals surface area contributed by atoms with Gasteiger partial charge in [-0.1, -0.05) is 60.7 Å². The lowest BCUT2D eigenvalue weighted by atomic mass is 10.2. The molecule has 0 fully saturated rings. The van der Waals surface area contributed by atoms with Crippen molar-refractivity contribution in [2.24, 2.45) is 0 Å². The van der Waals surface area contributed by atoms with Gasteiger partial charge in [-0.2, -0.15) is 0 Å². The standard InChI is InChI=1S/C23H22N6OS/c24-23-25-18-11-13-28(14-12-19(18)31-23)20(30)15-29-22(17-9-5-2-6-10-17)26-21(27-29)16-7-3-1-4-8-16/h1-10H,11-15H2,(H2,24,25). The molecule has 1 amide bonds. The number of nitrogen functional groups attached to an aromatic ring is 1. The maximum atomic E-state index is 13.2. The number of nitrogens with zero attached hydrogens (tertiary/aromatic N) is 5. The van der Waals surface area contributed by atoms with Gasteiger partial charge in [0.25, 0.3) is 0 Å². The summed E-state index contributed by atoms with van der Waals surface area (Å²) in [4.78, 5) is 25.4. The summed E-state index contributed by atoms with van der Waals surface area (Å²) in [6.07, 6.45) is 1.51. The molecule has 0 unspecified atom stereocenters. The molecule has 8 heteroatoms. The molecule has 2 aromatic heterocycles. The lowest BCUT2D eigenvalue weighted by Crippen LogP contribution is -2.36. The number of amides is 1. The predicted molar refractivity (Wildman–Crippen MR) is 121 cm³/mol. The second-order valence-corrected chi connectivity index (χ2v) is 8.57. The molecule has 0 radical (unpaired) electrons. The quantitative estimate of drug-likeness (QED) is 0.537. The van der Waals surface area contributed by atoms with E-state index in [9.17, 15) is 4.79 Å². The number of hydrogen-bond donors (Lipinski definition) is 1. The van der Waals surface area contributed by atoms with Gasteiger partial charge in [0.15, 0.2) is 16.8 Å². The van der Waals surface area contributed by atoms with Crippen LogP contribution < -0.4 is 5.73 Å². The Bertz CT molecular complexity index is 1180. The van der Waals surface area contributed by atoms with E-state index in [1.54, 1.807) is 4.68 Å². The van der Waals surface area contributed by atoms with Crippen molar-refractivity contribution in [3.05, 3.63) is 71.2 Å². The summed E-state index contributed by atoms with van der Waals surface area (Å²) >= 11 is 1.52. The van der Waals surface area contributed by atoms with Crippen LogP contribution in [0, 0.1) is 0 Å². The average Bonchev–Trinajstić information content (AvgIpc) is 3.32. The molecule has 0 saturated carbocycles. The van der Waals surface area contributed by atoms with Gasteiger partial charge < -0.3 is 10.6 Å². The van der Waals surface area contributed by atoms with Gasteiger partial charge in [0.2, 0.25) is 5.91 Å². The van der Waals surface area contributed by atoms with Crippen molar-refractivity contribution in [3.8, 4) is 22.8 Å². The first-order valence-corrected chi connectivity index (χ1v) is 11.1. The molecule has 5 rings (SSSR count). The molecule has 0 bridgehead atoms. The average molecular weight is 431 g/mol. The number of hydrogen-bond acceptors (Lipinski definition) is 6. The number of carbonyl (C=O) groups excluding carboxylic acids is 1. The highest BCUT2D eigenvalue weighted by atomic mass is 32.1. The van der Waals surface area contributed by atoms with Crippen LogP contribution in [0.4, 0.5) is 5.13 Å². The van der Waals surface area contributed by atoms with Crippen LogP contribution in [0.3, 0.4) is 0 Å². The Morgan fingerprint density at radius 3 is 2.35 bits per heavy atom. The Kier molecular flexibility index (Phi) is 5.21. The highest BCUT2D eigenvalue weighted by Crippen LogP contribution is 2.25. The highest BCUT2D eigenvalue weighted by Gasteiger charge is 2.23. The molecule has 4 aromatic rings. The van der Waals surface area contributed by atoms with Crippen LogP contribution in [0.5, 0.6) is 0 Å². The summed E-state index contributed by atoms with van der Waals surface area (Å²) in [5, 5.41) is 5.29. The van der Waals surface area contributed by atoms with Crippen molar-refractivity contribution in [1.82, 2.24) is 24.6 Å². The number of thiazole rings is 1. The van der Waals surface area contributed by atoms with Crippen molar-refractivity contribution in [1.29, 1.82) is 0 Å². The molecule has 31 heavy (non-hydrogen) atoms. The minimum Gasteiger partial charge on any atom is -0.375 e. The second-order valence-electron chi connectivity index (χ2n) is 7.45. The molecule has 0 atom stereocenters. The van der Waals surface area contributed by atoms with E-state index in [4.69, 9.17) is 10.7 Å². The summed E-state index contributed by atoms with van der Waals surface area (Å²) in [5.41, 5.74) is 8.72. The lowest BCUT2D eigenvalue weighted by molar-refractivity contribution is -0.131. The number of rotatable bonds is 4. The van der Waals surface area contributed by atoms with Gasteiger partial charge in [0.05, 0.1) is 5.69 Å². The first-order valence-electron chi connectivity index (χ1n) is 10.2. The first-order chi connectivity index (χ1) is 15.2. The van der Waals surface area contributed by atoms with Gasteiger partial charge in [-0.05, 0) is 0 Å². The zero-order chi connectivity index (χ0) is 21.2. The molecule has 0 aliphatic carbocycles. The fourth-order valence-electron chi connectivity index (χ4n) is 3.82. The van der Waals surface area contributed by atoms with Gasteiger partial charge in [0, 0.05) is 41.9 Å². The van der Waals surface area contributed by atoms with Gasteiger partial charge in [-0.3, -0.25) is 4.79 Å². The molecule has 1 aliphatic heterocycles. The maximum absolute atomic E-state index is 13.2. The molecule has 3 heterocycles. The minimum absolute atomic E-state index is 0.0322. The number of fused-ring (bicyclic) bond motifs is 1. The summed E-state index contributed by atoms with van der Waals surface area (Å²) < 4.78 is 1.72. The fourth-order valence-corrected chi connectivity index (χ4v) is 4.69. The van der Waals surface area contributed by atoms with E-state index < -0.39 is 0 Å². The van der Waals surface area contributed by atoms with Crippen LogP contribution >= 0.6 is 11.3 Å². The van der Waals surface area contributed by atoms with Crippen molar-refractivity contribution in [2.45, 2.75) is 19.4 Å². The van der Waals surface area contributed by atoms with Crippen molar-refractivity contribution in [2.75, 3.05) is 18.8 Å².